The first-order valence-electron chi connectivity index (χ1n) is 5.94. The van der Waals surface area contributed by atoms with E-state index in [9.17, 15) is 9.90 Å². The van der Waals surface area contributed by atoms with Gasteiger partial charge in [-0.2, -0.15) is 0 Å². The van der Waals surface area contributed by atoms with Crippen LogP contribution in [-0.2, 0) is 0 Å². The molecule has 17 heavy (non-hydrogen) atoms. The number of hydrogen-bond acceptors (Lipinski definition) is 3. The van der Waals surface area contributed by atoms with Crippen molar-refractivity contribution in [1.29, 1.82) is 0 Å². The van der Waals surface area contributed by atoms with Crippen LogP contribution in [-0.4, -0.2) is 23.1 Å². The van der Waals surface area contributed by atoms with Crippen molar-refractivity contribution in [1.82, 2.24) is 5.32 Å². The summed E-state index contributed by atoms with van der Waals surface area (Å²) in [6, 6.07) is 5.07. The lowest BCUT2D eigenvalue weighted by Crippen LogP contribution is -2.44. The highest BCUT2D eigenvalue weighted by Crippen LogP contribution is 2.21. The standard InChI is InChI=1S/C13H18N2O2/c1-8-9(4-2-7-12(8)16)13(17)15-11-6-3-5-10(11)14/h2,4,7,10-11,16H,3,5-6,14H2,1H3,(H,15,17). The minimum Gasteiger partial charge on any atom is -0.508 e. The molecule has 92 valence electrons. The number of amides is 1. The van der Waals surface area contributed by atoms with E-state index in [1.54, 1.807) is 25.1 Å². The molecule has 0 saturated heterocycles. The van der Waals surface area contributed by atoms with Crippen LogP contribution in [0.15, 0.2) is 18.2 Å². The van der Waals surface area contributed by atoms with Crippen LogP contribution in [0.1, 0.15) is 35.2 Å². The van der Waals surface area contributed by atoms with Crippen molar-refractivity contribution < 1.29 is 9.90 Å². The molecule has 2 atom stereocenters. The molecular formula is C13H18N2O2. The lowest BCUT2D eigenvalue weighted by Gasteiger charge is -2.18. The summed E-state index contributed by atoms with van der Waals surface area (Å²) in [6.07, 6.45) is 2.96. The Labute approximate surface area is 101 Å². The molecule has 0 heterocycles. The van der Waals surface area contributed by atoms with Crippen LogP contribution in [0.3, 0.4) is 0 Å². The smallest absolute Gasteiger partial charge is 0.251 e. The van der Waals surface area contributed by atoms with E-state index in [0.717, 1.165) is 19.3 Å². The topological polar surface area (TPSA) is 75.3 Å². The van der Waals surface area contributed by atoms with Crippen LogP contribution in [0.4, 0.5) is 0 Å². The minimum atomic E-state index is -0.152. The number of rotatable bonds is 2. The van der Waals surface area contributed by atoms with Crippen LogP contribution in [0, 0.1) is 6.92 Å². The van der Waals surface area contributed by atoms with E-state index >= 15 is 0 Å². The minimum absolute atomic E-state index is 0.0524. The second-order valence-corrected chi connectivity index (χ2v) is 4.62. The lowest BCUT2D eigenvalue weighted by atomic mass is 10.1. The van der Waals surface area contributed by atoms with Gasteiger partial charge in [0.15, 0.2) is 0 Å². The Morgan fingerprint density at radius 3 is 2.88 bits per heavy atom. The van der Waals surface area contributed by atoms with Gasteiger partial charge in [-0.3, -0.25) is 4.79 Å². The molecule has 4 nitrogen and oxygen atoms in total. The quantitative estimate of drug-likeness (QED) is 0.722. The van der Waals surface area contributed by atoms with Gasteiger partial charge in [0.2, 0.25) is 0 Å². The Morgan fingerprint density at radius 2 is 2.24 bits per heavy atom. The molecule has 0 aromatic heterocycles. The summed E-state index contributed by atoms with van der Waals surface area (Å²) in [5, 5.41) is 12.5. The summed E-state index contributed by atoms with van der Waals surface area (Å²) < 4.78 is 0. The van der Waals surface area contributed by atoms with E-state index in [2.05, 4.69) is 5.32 Å². The maximum Gasteiger partial charge on any atom is 0.251 e. The fraction of sp³-hybridized carbons (Fsp3) is 0.462. The molecule has 1 aromatic carbocycles. The number of hydrogen-bond donors (Lipinski definition) is 3. The van der Waals surface area contributed by atoms with Gasteiger partial charge in [-0.15, -0.1) is 0 Å². The molecule has 1 aromatic rings. The molecule has 1 fully saturated rings. The van der Waals surface area contributed by atoms with Crippen LogP contribution < -0.4 is 11.1 Å². The van der Waals surface area contributed by atoms with Crippen LogP contribution in [0.2, 0.25) is 0 Å². The molecule has 4 heteroatoms. The van der Waals surface area contributed by atoms with Gasteiger partial charge in [-0.05, 0) is 38.3 Å². The van der Waals surface area contributed by atoms with Gasteiger partial charge in [0.25, 0.3) is 5.91 Å². The second-order valence-electron chi connectivity index (χ2n) is 4.62. The van der Waals surface area contributed by atoms with Crippen molar-refractivity contribution in [2.75, 3.05) is 0 Å². The predicted molar refractivity (Wildman–Crippen MR) is 65.9 cm³/mol. The van der Waals surface area contributed by atoms with Gasteiger partial charge in [-0.25, -0.2) is 0 Å². The van der Waals surface area contributed by atoms with Crippen LogP contribution in [0.25, 0.3) is 0 Å². The molecule has 0 radical (unpaired) electrons. The third kappa shape index (κ3) is 2.42. The average Bonchev–Trinajstić information content (AvgIpc) is 2.68. The van der Waals surface area contributed by atoms with Crippen LogP contribution in [0.5, 0.6) is 5.75 Å². The molecule has 1 amide bonds. The molecule has 0 aliphatic heterocycles. The first-order valence-corrected chi connectivity index (χ1v) is 5.94. The van der Waals surface area contributed by atoms with E-state index in [4.69, 9.17) is 5.73 Å². The number of phenols is 1. The number of nitrogens with two attached hydrogens (primary N) is 1. The van der Waals surface area contributed by atoms with Gasteiger partial charge >= 0.3 is 0 Å². The molecule has 1 aliphatic rings. The predicted octanol–water partition coefficient (Wildman–Crippen LogP) is 1.31. The number of carbonyl (C=O) groups is 1. The van der Waals surface area contributed by atoms with E-state index in [1.807, 2.05) is 0 Å². The van der Waals surface area contributed by atoms with Gasteiger partial charge < -0.3 is 16.2 Å². The van der Waals surface area contributed by atoms with Crippen molar-refractivity contribution >= 4 is 5.91 Å². The third-order valence-corrected chi connectivity index (χ3v) is 3.44. The molecular weight excluding hydrogens is 216 g/mol. The van der Waals surface area contributed by atoms with E-state index in [0.29, 0.717) is 11.1 Å². The Kier molecular flexibility index (Phi) is 3.33. The summed E-state index contributed by atoms with van der Waals surface area (Å²) in [4.78, 5) is 12.0. The number of phenolic OH excluding ortho intramolecular Hbond substituents is 1. The molecule has 1 aliphatic carbocycles. The molecule has 0 bridgehead atoms. The van der Waals surface area contributed by atoms with Crippen LogP contribution >= 0.6 is 0 Å². The highest BCUT2D eigenvalue weighted by atomic mass is 16.3. The average molecular weight is 234 g/mol. The van der Waals surface area contributed by atoms with E-state index < -0.39 is 0 Å². The van der Waals surface area contributed by atoms with Gasteiger partial charge in [0, 0.05) is 23.2 Å². The van der Waals surface area contributed by atoms with Crippen molar-refractivity contribution in [2.45, 2.75) is 38.3 Å². The van der Waals surface area contributed by atoms with Gasteiger partial charge in [-0.1, -0.05) is 6.07 Å². The molecule has 0 spiro atoms. The van der Waals surface area contributed by atoms with Gasteiger partial charge in [0.1, 0.15) is 5.75 Å². The Morgan fingerprint density at radius 1 is 1.47 bits per heavy atom. The molecule has 1 saturated carbocycles. The second kappa shape index (κ2) is 4.75. The summed E-state index contributed by atoms with van der Waals surface area (Å²) in [5.41, 5.74) is 7.03. The lowest BCUT2D eigenvalue weighted by molar-refractivity contribution is 0.0933. The first kappa shape index (κ1) is 11.9. The van der Waals surface area contributed by atoms with Crippen molar-refractivity contribution in [3.8, 4) is 5.75 Å². The Balaban J connectivity index is 2.12. The zero-order chi connectivity index (χ0) is 12.4. The highest BCUT2D eigenvalue weighted by Gasteiger charge is 2.26. The largest absolute Gasteiger partial charge is 0.508 e. The maximum absolute atomic E-state index is 12.0. The Hall–Kier alpha value is -1.55. The van der Waals surface area contributed by atoms with Crippen molar-refractivity contribution in [3.63, 3.8) is 0 Å². The fourth-order valence-corrected chi connectivity index (χ4v) is 2.28. The summed E-state index contributed by atoms with van der Waals surface area (Å²) in [5.74, 6) is -0.00544. The number of benzene rings is 1. The van der Waals surface area contributed by atoms with Gasteiger partial charge in [0.05, 0.1) is 0 Å². The zero-order valence-corrected chi connectivity index (χ0v) is 9.94. The summed E-state index contributed by atoms with van der Waals surface area (Å²) >= 11 is 0. The van der Waals surface area contributed by atoms with Crippen molar-refractivity contribution in [3.05, 3.63) is 29.3 Å². The summed E-state index contributed by atoms with van der Waals surface area (Å²) in [6.45, 7) is 1.73. The monoisotopic (exact) mass is 234 g/mol. The molecule has 2 rings (SSSR count). The number of carbonyl (C=O) groups excluding carboxylic acids is 1. The number of nitrogens with one attached hydrogen (secondary N) is 1. The third-order valence-electron chi connectivity index (χ3n) is 3.44. The zero-order valence-electron chi connectivity index (χ0n) is 9.94. The fourth-order valence-electron chi connectivity index (χ4n) is 2.28. The maximum atomic E-state index is 12.0. The SMILES string of the molecule is Cc1c(O)cccc1C(=O)NC1CCCC1N. The Bertz CT molecular complexity index is 431. The van der Waals surface area contributed by atoms with E-state index in [1.165, 1.54) is 0 Å². The highest BCUT2D eigenvalue weighted by molar-refractivity contribution is 5.96. The van der Waals surface area contributed by atoms with Crippen molar-refractivity contribution in [2.24, 2.45) is 5.73 Å². The first-order chi connectivity index (χ1) is 8.09. The molecule has 4 N–H and O–H groups in total. The van der Waals surface area contributed by atoms with E-state index in [-0.39, 0.29) is 23.7 Å². The normalized spacial score (nSPS) is 23.6. The number of aromatic hydroxyl groups is 1. The summed E-state index contributed by atoms with van der Waals surface area (Å²) in [7, 11) is 0. The molecule has 2 unspecified atom stereocenters.